The highest BCUT2D eigenvalue weighted by atomic mass is 16.4. The van der Waals surface area contributed by atoms with Gasteiger partial charge in [-0.2, -0.15) is 0 Å². The van der Waals surface area contributed by atoms with Crippen LogP contribution >= 0.6 is 0 Å². The van der Waals surface area contributed by atoms with Crippen molar-refractivity contribution in [3.8, 4) is 0 Å². The van der Waals surface area contributed by atoms with Gasteiger partial charge in [-0.3, -0.25) is 0 Å². The van der Waals surface area contributed by atoms with Crippen LogP contribution in [-0.4, -0.2) is 5.97 Å². The van der Waals surface area contributed by atoms with Gasteiger partial charge in [0, 0.05) is 11.9 Å². The minimum absolute atomic E-state index is 0.171. The van der Waals surface area contributed by atoms with E-state index in [9.17, 15) is 9.90 Å². The van der Waals surface area contributed by atoms with Gasteiger partial charge >= 0.3 is 0 Å². The summed E-state index contributed by atoms with van der Waals surface area (Å²) < 4.78 is 0. The molecule has 0 saturated carbocycles. The van der Waals surface area contributed by atoms with E-state index in [2.05, 4.69) is 6.08 Å². The molecule has 0 heterocycles. The van der Waals surface area contributed by atoms with Crippen LogP contribution in [0.1, 0.15) is 33.6 Å². The Balaban J connectivity index is 2.79. The summed E-state index contributed by atoms with van der Waals surface area (Å²) >= 11 is 0. The summed E-state index contributed by atoms with van der Waals surface area (Å²) in [5.41, 5.74) is -0.210. The van der Waals surface area contributed by atoms with Gasteiger partial charge in [0.05, 0.1) is 0 Å². The lowest BCUT2D eigenvalue weighted by atomic mass is 9.73. The fraction of sp³-hybridized carbons (Fsp3) is 0.727. The molecule has 0 aromatic carbocycles. The minimum atomic E-state index is -0.913. The van der Waals surface area contributed by atoms with Crippen molar-refractivity contribution in [2.45, 2.75) is 33.6 Å². The first-order chi connectivity index (χ1) is 5.93. The molecule has 2 unspecified atom stereocenters. The third kappa shape index (κ3) is 2.33. The third-order valence-corrected chi connectivity index (χ3v) is 2.67. The number of carboxylic acid groups (broad SMARTS) is 1. The molecule has 2 heteroatoms. The van der Waals surface area contributed by atoms with E-state index in [0.29, 0.717) is 0 Å². The molecule has 0 aliphatic heterocycles. The van der Waals surface area contributed by atoms with Crippen LogP contribution in [0.25, 0.3) is 0 Å². The lowest BCUT2D eigenvalue weighted by Gasteiger charge is -2.35. The molecule has 2 nitrogen and oxygen atoms in total. The highest BCUT2D eigenvalue weighted by Crippen LogP contribution is 2.37. The van der Waals surface area contributed by atoms with Gasteiger partial charge < -0.3 is 9.90 Å². The van der Waals surface area contributed by atoms with Crippen molar-refractivity contribution in [1.29, 1.82) is 0 Å². The van der Waals surface area contributed by atoms with Crippen molar-refractivity contribution in [2.24, 2.45) is 17.3 Å². The van der Waals surface area contributed by atoms with Crippen LogP contribution < -0.4 is 5.11 Å². The van der Waals surface area contributed by atoms with Crippen molar-refractivity contribution in [3.05, 3.63) is 12.2 Å². The van der Waals surface area contributed by atoms with Gasteiger partial charge in [-0.15, -0.1) is 0 Å². The highest BCUT2D eigenvalue weighted by molar-refractivity contribution is 5.69. The second-order valence-corrected chi connectivity index (χ2v) is 4.83. The van der Waals surface area contributed by atoms with Crippen LogP contribution in [0.15, 0.2) is 12.2 Å². The number of hydrogen-bond acceptors (Lipinski definition) is 2. The summed E-state index contributed by atoms with van der Waals surface area (Å²) in [6, 6.07) is 0. The largest absolute Gasteiger partial charge is 0.550 e. The Kier molecular flexibility index (Phi) is 2.79. The SMILES string of the molecule is CC(C)(C)C(C(=O)[O-])C1C=CCC1. The van der Waals surface area contributed by atoms with Crippen molar-refractivity contribution in [3.63, 3.8) is 0 Å². The average Bonchev–Trinajstić information content (AvgIpc) is 2.34. The van der Waals surface area contributed by atoms with E-state index < -0.39 is 5.97 Å². The molecule has 2 atom stereocenters. The van der Waals surface area contributed by atoms with Crippen molar-refractivity contribution < 1.29 is 9.90 Å². The molecule has 0 aromatic rings. The Morgan fingerprint density at radius 2 is 2.15 bits per heavy atom. The van der Waals surface area contributed by atoms with Crippen LogP contribution in [0.5, 0.6) is 0 Å². The first-order valence-electron chi connectivity index (χ1n) is 4.80. The summed E-state index contributed by atoms with van der Waals surface area (Å²) in [5, 5.41) is 11.0. The topological polar surface area (TPSA) is 40.1 Å². The van der Waals surface area contributed by atoms with Crippen molar-refractivity contribution in [2.75, 3.05) is 0 Å². The Morgan fingerprint density at radius 1 is 1.54 bits per heavy atom. The standard InChI is InChI=1S/C11H18O2/c1-11(2,3)9(10(12)13)8-6-4-5-7-8/h4,6,8-9H,5,7H2,1-3H3,(H,12,13)/p-1. The van der Waals surface area contributed by atoms with Gasteiger partial charge in [-0.1, -0.05) is 32.9 Å². The maximum atomic E-state index is 11.0. The number of hydrogen-bond donors (Lipinski definition) is 0. The first kappa shape index (κ1) is 10.3. The average molecular weight is 181 g/mol. The molecule has 0 amide bonds. The molecule has 0 N–H and O–H groups in total. The smallest absolute Gasteiger partial charge is 0.0456 e. The van der Waals surface area contributed by atoms with E-state index in [1.54, 1.807) is 0 Å². The molecule has 0 radical (unpaired) electrons. The molecule has 13 heavy (non-hydrogen) atoms. The summed E-state index contributed by atoms with van der Waals surface area (Å²) in [5.74, 6) is -1.10. The molecule has 1 rings (SSSR count). The molecule has 0 bridgehead atoms. The Labute approximate surface area is 79.6 Å². The normalized spacial score (nSPS) is 24.7. The quantitative estimate of drug-likeness (QED) is 0.603. The zero-order chi connectivity index (χ0) is 10.1. The zero-order valence-electron chi connectivity index (χ0n) is 8.54. The maximum Gasteiger partial charge on any atom is 0.0456 e. The molecule has 1 aliphatic carbocycles. The van der Waals surface area contributed by atoms with Gasteiger partial charge in [0.2, 0.25) is 0 Å². The second-order valence-electron chi connectivity index (χ2n) is 4.83. The van der Waals surface area contributed by atoms with Gasteiger partial charge in [0.1, 0.15) is 0 Å². The second kappa shape index (κ2) is 3.52. The van der Waals surface area contributed by atoms with Crippen LogP contribution in [0, 0.1) is 17.3 Å². The van der Waals surface area contributed by atoms with Gasteiger partial charge in [-0.25, -0.2) is 0 Å². The predicted octanol–water partition coefficient (Wildman–Crippen LogP) is 1.36. The third-order valence-electron chi connectivity index (χ3n) is 2.67. The van der Waals surface area contributed by atoms with E-state index in [4.69, 9.17) is 0 Å². The Bertz CT molecular complexity index is 223. The van der Waals surface area contributed by atoms with E-state index in [1.165, 1.54) is 0 Å². The van der Waals surface area contributed by atoms with Gasteiger partial charge in [0.15, 0.2) is 0 Å². The van der Waals surface area contributed by atoms with Crippen LogP contribution in [0.2, 0.25) is 0 Å². The summed E-state index contributed by atoms with van der Waals surface area (Å²) in [4.78, 5) is 11.0. The number of aliphatic carboxylic acids is 1. The molecule has 74 valence electrons. The zero-order valence-corrected chi connectivity index (χ0v) is 8.54. The van der Waals surface area contributed by atoms with E-state index in [1.807, 2.05) is 26.8 Å². The Morgan fingerprint density at radius 3 is 2.46 bits per heavy atom. The number of rotatable bonds is 2. The number of carbonyl (C=O) groups is 1. The number of carbonyl (C=O) groups excluding carboxylic acids is 1. The number of carboxylic acids is 1. The lowest BCUT2D eigenvalue weighted by Crippen LogP contribution is -2.42. The van der Waals surface area contributed by atoms with E-state index in [0.717, 1.165) is 12.8 Å². The molecular weight excluding hydrogens is 164 g/mol. The molecule has 0 spiro atoms. The Hall–Kier alpha value is -0.790. The predicted molar refractivity (Wildman–Crippen MR) is 49.8 cm³/mol. The lowest BCUT2D eigenvalue weighted by molar-refractivity contribution is -0.316. The van der Waals surface area contributed by atoms with Crippen LogP contribution in [0.3, 0.4) is 0 Å². The summed E-state index contributed by atoms with van der Waals surface area (Å²) in [6.45, 7) is 5.87. The monoisotopic (exact) mass is 181 g/mol. The minimum Gasteiger partial charge on any atom is -0.550 e. The van der Waals surface area contributed by atoms with E-state index in [-0.39, 0.29) is 17.3 Å². The molecule has 0 saturated heterocycles. The molecule has 0 aromatic heterocycles. The van der Waals surface area contributed by atoms with Gasteiger partial charge in [0.25, 0.3) is 0 Å². The van der Waals surface area contributed by atoms with Gasteiger partial charge in [-0.05, 0) is 24.2 Å². The fourth-order valence-corrected chi connectivity index (χ4v) is 2.10. The summed E-state index contributed by atoms with van der Waals surface area (Å²) in [7, 11) is 0. The van der Waals surface area contributed by atoms with Crippen molar-refractivity contribution in [1.82, 2.24) is 0 Å². The van der Waals surface area contributed by atoms with Crippen molar-refractivity contribution >= 4 is 5.97 Å². The van der Waals surface area contributed by atoms with Crippen LogP contribution in [0.4, 0.5) is 0 Å². The highest BCUT2D eigenvalue weighted by Gasteiger charge is 2.32. The molecular formula is C11H17O2-. The first-order valence-corrected chi connectivity index (χ1v) is 4.80. The molecule has 0 fully saturated rings. The van der Waals surface area contributed by atoms with Crippen LogP contribution in [-0.2, 0) is 4.79 Å². The van der Waals surface area contributed by atoms with E-state index >= 15 is 0 Å². The molecule has 1 aliphatic rings. The fourth-order valence-electron chi connectivity index (χ4n) is 2.10. The summed E-state index contributed by atoms with van der Waals surface area (Å²) in [6.07, 6.45) is 6.04. The number of allylic oxidation sites excluding steroid dienone is 2. The maximum absolute atomic E-state index is 11.0.